The first kappa shape index (κ1) is 13.9. The van der Waals surface area contributed by atoms with Crippen LogP contribution in [0.5, 0.6) is 0 Å². The largest absolute Gasteiger partial charge is 0.378 e. The first-order valence-corrected chi connectivity index (χ1v) is 8.36. The Morgan fingerprint density at radius 1 is 1.45 bits per heavy atom. The Kier molecular flexibility index (Phi) is 4.57. The molecule has 1 aliphatic rings. The van der Waals surface area contributed by atoms with E-state index in [1.807, 2.05) is 29.1 Å². The highest BCUT2D eigenvalue weighted by Crippen LogP contribution is 2.19. The molecule has 0 bridgehead atoms. The lowest BCUT2D eigenvalue weighted by Crippen LogP contribution is -2.45. The summed E-state index contributed by atoms with van der Waals surface area (Å²) in [5, 5.41) is 5.03. The van der Waals surface area contributed by atoms with Crippen molar-refractivity contribution in [1.29, 1.82) is 0 Å². The van der Waals surface area contributed by atoms with Gasteiger partial charge in [-0.2, -0.15) is 0 Å². The van der Waals surface area contributed by atoms with Crippen molar-refractivity contribution < 1.29 is 9.53 Å². The number of carbonyl (C=O) groups excluding carboxylic acids is 1. The molecular formula is C14H16N2O2S2. The molecule has 0 saturated carbocycles. The fourth-order valence-corrected chi connectivity index (χ4v) is 3.66. The van der Waals surface area contributed by atoms with Crippen molar-refractivity contribution in [2.45, 2.75) is 19.0 Å². The van der Waals surface area contributed by atoms with Gasteiger partial charge >= 0.3 is 0 Å². The monoisotopic (exact) mass is 308 g/mol. The standard InChI is InChI=1S/C14H16N2O2S2/c17-12(13-2-1-6-19-13)8-11-10-18-5-4-16(11)9-14-15-3-7-20-14/h1-3,6-7,11H,4-5,8-10H2/t11-/m1/s1. The Hall–Kier alpha value is -1.08. The molecule has 3 rings (SSSR count). The highest BCUT2D eigenvalue weighted by atomic mass is 32.1. The maximum absolute atomic E-state index is 12.2. The molecule has 0 aliphatic carbocycles. The number of rotatable bonds is 5. The van der Waals surface area contributed by atoms with Gasteiger partial charge in [-0.25, -0.2) is 4.98 Å². The smallest absolute Gasteiger partial charge is 0.174 e. The van der Waals surface area contributed by atoms with E-state index in [-0.39, 0.29) is 11.8 Å². The molecule has 1 fully saturated rings. The Morgan fingerprint density at radius 2 is 2.40 bits per heavy atom. The van der Waals surface area contributed by atoms with Gasteiger partial charge in [-0.05, 0) is 11.4 Å². The van der Waals surface area contributed by atoms with E-state index in [0.717, 1.165) is 29.6 Å². The van der Waals surface area contributed by atoms with E-state index in [2.05, 4.69) is 9.88 Å². The number of ether oxygens (including phenoxy) is 1. The number of thiophene rings is 1. The summed E-state index contributed by atoms with van der Waals surface area (Å²) in [5.41, 5.74) is 0. The van der Waals surface area contributed by atoms with Crippen molar-refractivity contribution in [2.24, 2.45) is 0 Å². The van der Waals surface area contributed by atoms with Crippen LogP contribution < -0.4 is 0 Å². The normalized spacial score (nSPS) is 20.1. The lowest BCUT2D eigenvalue weighted by molar-refractivity contribution is -0.0125. The molecule has 0 unspecified atom stereocenters. The number of ketones is 1. The van der Waals surface area contributed by atoms with E-state index in [9.17, 15) is 4.79 Å². The van der Waals surface area contributed by atoms with Gasteiger partial charge in [0.1, 0.15) is 5.01 Å². The molecule has 4 nitrogen and oxygen atoms in total. The second-order valence-electron chi connectivity index (χ2n) is 4.73. The molecule has 2 aromatic heterocycles. The first-order valence-electron chi connectivity index (χ1n) is 6.60. The van der Waals surface area contributed by atoms with Crippen molar-refractivity contribution in [3.8, 4) is 0 Å². The van der Waals surface area contributed by atoms with Crippen LogP contribution in [0.15, 0.2) is 29.1 Å². The molecule has 6 heteroatoms. The minimum Gasteiger partial charge on any atom is -0.378 e. The molecule has 3 heterocycles. The molecule has 106 valence electrons. The maximum Gasteiger partial charge on any atom is 0.174 e. The van der Waals surface area contributed by atoms with E-state index in [1.165, 1.54) is 11.3 Å². The fourth-order valence-electron chi connectivity index (χ4n) is 2.34. The number of hydrogen-bond acceptors (Lipinski definition) is 6. The second kappa shape index (κ2) is 6.58. The van der Waals surface area contributed by atoms with Crippen LogP contribution in [0.25, 0.3) is 0 Å². The number of aromatic nitrogens is 1. The van der Waals surface area contributed by atoms with Gasteiger partial charge in [0.15, 0.2) is 5.78 Å². The number of carbonyl (C=O) groups is 1. The van der Waals surface area contributed by atoms with Gasteiger partial charge in [0.25, 0.3) is 0 Å². The summed E-state index contributed by atoms with van der Waals surface area (Å²) in [6.45, 7) is 3.03. The second-order valence-corrected chi connectivity index (χ2v) is 6.66. The number of Topliss-reactive ketones (excluding diaryl/α,β-unsaturated/α-hetero) is 1. The van der Waals surface area contributed by atoms with Crippen LogP contribution in [-0.4, -0.2) is 41.5 Å². The number of nitrogens with zero attached hydrogens (tertiary/aromatic N) is 2. The molecule has 0 spiro atoms. The Bertz CT molecular complexity index is 540. The van der Waals surface area contributed by atoms with Gasteiger partial charge in [-0.3, -0.25) is 9.69 Å². The lowest BCUT2D eigenvalue weighted by atomic mass is 10.1. The molecule has 0 radical (unpaired) electrons. The summed E-state index contributed by atoms with van der Waals surface area (Å²) in [6.07, 6.45) is 2.35. The van der Waals surface area contributed by atoms with E-state index in [1.54, 1.807) is 11.3 Å². The third-order valence-corrected chi connectivity index (χ3v) is 5.06. The van der Waals surface area contributed by atoms with Crippen LogP contribution >= 0.6 is 22.7 Å². The quantitative estimate of drug-likeness (QED) is 0.797. The first-order chi connectivity index (χ1) is 9.83. The highest BCUT2D eigenvalue weighted by molar-refractivity contribution is 7.12. The molecule has 0 aromatic carbocycles. The van der Waals surface area contributed by atoms with Crippen molar-refractivity contribution in [2.75, 3.05) is 19.8 Å². The molecule has 2 aromatic rings. The van der Waals surface area contributed by atoms with Crippen molar-refractivity contribution in [3.63, 3.8) is 0 Å². The molecule has 0 N–H and O–H groups in total. The summed E-state index contributed by atoms with van der Waals surface area (Å²) >= 11 is 3.17. The predicted octanol–water partition coefficient (Wildman–Crippen LogP) is 2.68. The number of hydrogen-bond donors (Lipinski definition) is 0. The summed E-state index contributed by atoms with van der Waals surface area (Å²) in [7, 11) is 0. The van der Waals surface area contributed by atoms with Gasteiger partial charge in [0, 0.05) is 30.6 Å². The number of thiazole rings is 1. The predicted molar refractivity (Wildman–Crippen MR) is 80.4 cm³/mol. The van der Waals surface area contributed by atoms with E-state index in [0.29, 0.717) is 13.0 Å². The maximum atomic E-state index is 12.2. The molecule has 0 amide bonds. The van der Waals surface area contributed by atoms with Gasteiger partial charge in [0.2, 0.25) is 0 Å². The third kappa shape index (κ3) is 3.32. The van der Waals surface area contributed by atoms with E-state index < -0.39 is 0 Å². The Morgan fingerprint density at radius 3 is 3.15 bits per heavy atom. The van der Waals surface area contributed by atoms with E-state index >= 15 is 0 Å². The fraction of sp³-hybridized carbons (Fsp3) is 0.429. The third-order valence-electron chi connectivity index (χ3n) is 3.39. The molecule has 1 saturated heterocycles. The van der Waals surface area contributed by atoms with Crippen LogP contribution in [0.2, 0.25) is 0 Å². The van der Waals surface area contributed by atoms with Gasteiger partial charge < -0.3 is 4.74 Å². The van der Waals surface area contributed by atoms with Gasteiger partial charge in [-0.15, -0.1) is 22.7 Å². The minimum atomic E-state index is 0.155. The number of morpholine rings is 1. The summed E-state index contributed by atoms with van der Waals surface area (Å²) in [5.74, 6) is 0.208. The zero-order valence-corrected chi connectivity index (χ0v) is 12.7. The summed E-state index contributed by atoms with van der Waals surface area (Å²) in [6, 6.07) is 3.96. The van der Waals surface area contributed by atoms with Crippen LogP contribution in [0, 0.1) is 0 Å². The molecule has 20 heavy (non-hydrogen) atoms. The van der Waals surface area contributed by atoms with Crippen LogP contribution in [0.1, 0.15) is 21.1 Å². The van der Waals surface area contributed by atoms with Crippen LogP contribution in [0.4, 0.5) is 0 Å². The van der Waals surface area contributed by atoms with Gasteiger partial charge in [0.05, 0.1) is 24.6 Å². The van der Waals surface area contributed by atoms with Crippen molar-refractivity contribution in [3.05, 3.63) is 39.0 Å². The topological polar surface area (TPSA) is 42.4 Å². The van der Waals surface area contributed by atoms with Crippen LogP contribution in [0.3, 0.4) is 0 Å². The molecular weight excluding hydrogens is 292 g/mol. The zero-order chi connectivity index (χ0) is 13.8. The van der Waals surface area contributed by atoms with Crippen molar-refractivity contribution in [1.82, 2.24) is 9.88 Å². The van der Waals surface area contributed by atoms with Gasteiger partial charge in [-0.1, -0.05) is 6.07 Å². The van der Waals surface area contributed by atoms with Crippen molar-refractivity contribution >= 4 is 28.5 Å². The van der Waals surface area contributed by atoms with E-state index in [4.69, 9.17) is 4.74 Å². The SMILES string of the molecule is O=C(C[C@@H]1COCCN1Cc1nccs1)c1cccs1. The summed E-state index contributed by atoms with van der Waals surface area (Å²) in [4.78, 5) is 19.7. The minimum absolute atomic E-state index is 0.155. The van der Waals surface area contributed by atoms with Crippen LogP contribution in [-0.2, 0) is 11.3 Å². The highest BCUT2D eigenvalue weighted by Gasteiger charge is 2.26. The average molecular weight is 308 g/mol. The summed E-state index contributed by atoms with van der Waals surface area (Å²) < 4.78 is 5.54. The lowest BCUT2D eigenvalue weighted by Gasteiger charge is -2.34. The Balaban J connectivity index is 1.64. The average Bonchev–Trinajstić information content (AvgIpc) is 3.13. The Labute approximate surface area is 126 Å². The molecule has 1 aliphatic heterocycles. The molecule has 1 atom stereocenters. The zero-order valence-electron chi connectivity index (χ0n) is 11.0.